The van der Waals surface area contributed by atoms with E-state index in [0.29, 0.717) is 11.1 Å². The number of rotatable bonds is 3. The molecule has 0 unspecified atom stereocenters. The highest BCUT2D eigenvalue weighted by molar-refractivity contribution is 7.98. The SMILES string of the molecule is CSc1nc(-c2cc(-c3ccc(F)nc3)ccc2F)c(C#N)c(=O)[nH]1. The van der Waals surface area contributed by atoms with Crippen LogP contribution in [0.5, 0.6) is 0 Å². The Hall–Kier alpha value is -3.05. The van der Waals surface area contributed by atoms with Crippen molar-refractivity contribution in [3.05, 3.63) is 64.2 Å². The average Bonchev–Trinajstić information content (AvgIpc) is 2.62. The van der Waals surface area contributed by atoms with E-state index >= 15 is 0 Å². The summed E-state index contributed by atoms with van der Waals surface area (Å²) in [4.78, 5) is 22.2. The first kappa shape index (κ1) is 16.8. The van der Waals surface area contributed by atoms with Crippen molar-refractivity contribution in [1.29, 1.82) is 5.26 Å². The van der Waals surface area contributed by atoms with Gasteiger partial charge in [-0.15, -0.1) is 0 Å². The van der Waals surface area contributed by atoms with Gasteiger partial charge in [-0.3, -0.25) is 4.79 Å². The fourth-order valence-electron chi connectivity index (χ4n) is 2.28. The van der Waals surface area contributed by atoms with Crippen LogP contribution in [0, 0.1) is 23.1 Å². The first-order valence-electron chi connectivity index (χ1n) is 7.03. The monoisotopic (exact) mass is 356 g/mol. The minimum atomic E-state index is -0.634. The van der Waals surface area contributed by atoms with Crippen LogP contribution in [-0.2, 0) is 0 Å². The summed E-state index contributed by atoms with van der Waals surface area (Å²) in [7, 11) is 0. The Morgan fingerprint density at radius 2 is 1.96 bits per heavy atom. The summed E-state index contributed by atoms with van der Waals surface area (Å²) in [6, 6.07) is 8.62. The number of nitrogens with zero attached hydrogens (tertiary/aromatic N) is 3. The Morgan fingerprint density at radius 3 is 2.60 bits per heavy atom. The number of nitrogens with one attached hydrogen (secondary N) is 1. The van der Waals surface area contributed by atoms with Gasteiger partial charge < -0.3 is 4.98 Å². The van der Waals surface area contributed by atoms with Crippen molar-refractivity contribution in [2.24, 2.45) is 0 Å². The zero-order valence-electron chi connectivity index (χ0n) is 12.9. The molecule has 5 nitrogen and oxygen atoms in total. The van der Waals surface area contributed by atoms with Gasteiger partial charge in [0, 0.05) is 17.3 Å². The molecule has 0 aliphatic carbocycles. The first-order chi connectivity index (χ1) is 12.0. The van der Waals surface area contributed by atoms with E-state index in [-0.39, 0.29) is 22.0 Å². The normalized spacial score (nSPS) is 10.5. The van der Waals surface area contributed by atoms with Gasteiger partial charge in [-0.2, -0.15) is 9.65 Å². The molecule has 0 fully saturated rings. The highest BCUT2D eigenvalue weighted by Crippen LogP contribution is 2.29. The standard InChI is InChI=1S/C17H10F2N4OS/c1-25-17-22-15(12(7-20)16(24)23-17)11-6-9(2-4-13(11)18)10-3-5-14(19)21-8-10/h2-6,8H,1H3,(H,22,23,24). The third-order valence-electron chi connectivity index (χ3n) is 3.49. The lowest BCUT2D eigenvalue weighted by molar-refractivity contribution is 0.584. The molecule has 25 heavy (non-hydrogen) atoms. The molecule has 1 N–H and O–H groups in total. The van der Waals surface area contributed by atoms with E-state index in [1.165, 1.54) is 48.3 Å². The minimum Gasteiger partial charge on any atom is -0.300 e. The molecule has 0 amide bonds. The maximum Gasteiger partial charge on any atom is 0.270 e. The second-order valence-electron chi connectivity index (χ2n) is 4.97. The number of aromatic nitrogens is 3. The van der Waals surface area contributed by atoms with Crippen molar-refractivity contribution >= 4 is 11.8 Å². The molecular weight excluding hydrogens is 346 g/mol. The van der Waals surface area contributed by atoms with Gasteiger partial charge in [0.2, 0.25) is 5.95 Å². The van der Waals surface area contributed by atoms with Crippen LogP contribution in [0.4, 0.5) is 8.78 Å². The smallest absolute Gasteiger partial charge is 0.270 e. The van der Waals surface area contributed by atoms with Crippen molar-refractivity contribution < 1.29 is 8.78 Å². The summed E-state index contributed by atoms with van der Waals surface area (Å²) in [5.41, 5.74) is 0.192. The average molecular weight is 356 g/mol. The van der Waals surface area contributed by atoms with E-state index < -0.39 is 17.3 Å². The lowest BCUT2D eigenvalue weighted by atomic mass is 10.0. The summed E-state index contributed by atoms with van der Waals surface area (Å²) < 4.78 is 27.4. The molecule has 3 aromatic rings. The predicted molar refractivity (Wildman–Crippen MR) is 89.9 cm³/mol. The van der Waals surface area contributed by atoms with Crippen LogP contribution >= 0.6 is 11.8 Å². The van der Waals surface area contributed by atoms with Crippen molar-refractivity contribution in [3.8, 4) is 28.5 Å². The van der Waals surface area contributed by atoms with Crippen LogP contribution in [0.2, 0.25) is 0 Å². The van der Waals surface area contributed by atoms with Gasteiger partial charge in [-0.25, -0.2) is 14.4 Å². The molecular formula is C17H10F2N4OS. The maximum atomic E-state index is 14.4. The Labute approximate surface area is 145 Å². The summed E-state index contributed by atoms with van der Waals surface area (Å²) >= 11 is 1.17. The molecule has 8 heteroatoms. The Morgan fingerprint density at radius 1 is 1.20 bits per heavy atom. The number of hydrogen-bond acceptors (Lipinski definition) is 5. The predicted octanol–water partition coefficient (Wildman–Crippen LogP) is 3.37. The lowest BCUT2D eigenvalue weighted by Gasteiger charge is -2.09. The summed E-state index contributed by atoms with van der Waals surface area (Å²) in [5.74, 6) is -1.25. The summed E-state index contributed by atoms with van der Waals surface area (Å²) in [5, 5.41) is 9.51. The van der Waals surface area contributed by atoms with Gasteiger partial charge in [-0.05, 0) is 36.1 Å². The van der Waals surface area contributed by atoms with Crippen LogP contribution in [0.25, 0.3) is 22.4 Å². The Balaban J connectivity index is 2.23. The molecule has 0 aliphatic rings. The molecule has 0 atom stereocenters. The minimum absolute atomic E-state index is 0.0137. The van der Waals surface area contributed by atoms with Gasteiger partial charge in [0.15, 0.2) is 5.16 Å². The molecule has 0 aliphatic heterocycles. The van der Waals surface area contributed by atoms with E-state index in [1.54, 1.807) is 12.3 Å². The van der Waals surface area contributed by atoms with Crippen molar-refractivity contribution in [1.82, 2.24) is 15.0 Å². The number of hydrogen-bond donors (Lipinski definition) is 1. The van der Waals surface area contributed by atoms with Gasteiger partial charge in [0.1, 0.15) is 17.4 Å². The van der Waals surface area contributed by atoms with Gasteiger partial charge in [-0.1, -0.05) is 17.8 Å². The second kappa shape index (κ2) is 6.83. The molecule has 0 spiro atoms. The number of benzene rings is 1. The molecule has 2 aromatic heterocycles. The van der Waals surface area contributed by atoms with E-state index in [9.17, 15) is 18.8 Å². The summed E-state index contributed by atoms with van der Waals surface area (Å²) in [6.45, 7) is 0. The van der Waals surface area contributed by atoms with Crippen molar-refractivity contribution in [2.45, 2.75) is 5.16 Å². The molecule has 0 saturated carbocycles. The first-order valence-corrected chi connectivity index (χ1v) is 8.26. The number of nitriles is 1. The lowest BCUT2D eigenvalue weighted by Crippen LogP contribution is -2.15. The molecule has 3 rings (SSSR count). The molecule has 124 valence electrons. The zero-order chi connectivity index (χ0) is 18.0. The largest absolute Gasteiger partial charge is 0.300 e. The number of H-pyrrole nitrogens is 1. The molecule has 0 saturated heterocycles. The third-order valence-corrected chi connectivity index (χ3v) is 4.07. The molecule has 0 bridgehead atoms. The van der Waals surface area contributed by atoms with Crippen LogP contribution in [0.15, 0.2) is 46.5 Å². The Bertz CT molecular complexity index is 1040. The van der Waals surface area contributed by atoms with E-state index in [4.69, 9.17) is 0 Å². The second-order valence-corrected chi connectivity index (χ2v) is 5.77. The van der Waals surface area contributed by atoms with Crippen LogP contribution in [0.1, 0.15) is 5.56 Å². The van der Waals surface area contributed by atoms with E-state index in [0.717, 1.165) is 0 Å². The van der Waals surface area contributed by atoms with Crippen LogP contribution < -0.4 is 5.56 Å². The highest BCUT2D eigenvalue weighted by atomic mass is 32.2. The van der Waals surface area contributed by atoms with Crippen LogP contribution in [-0.4, -0.2) is 21.2 Å². The van der Waals surface area contributed by atoms with Crippen LogP contribution in [0.3, 0.4) is 0 Å². The number of halogens is 2. The number of thioether (sulfide) groups is 1. The van der Waals surface area contributed by atoms with Gasteiger partial charge in [0.25, 0.3) is 5.56 Å². The molecule has 0 radical (unpaired) electrons. The zero-order valence-corrected chi connectivity index (χ0v) is 13.7. The summed E-state index contributed by atoms with van der Waals surface area (Å²) in [6.07, 6.45) is 3.02. The molecule has 2 heterocycles. The fourth-order valence-corrected chi connectivity index (χ4v) is 2.66. The Kier molecular flexibility index (Phi) is 4.59. The third kappa shape index (κ3) is 3.27. The molecule has 1 aromatic carbocycles. The number of aromatic amines is 1. The van der Waals surface area contributed by atoms with E-state index in [1.807, 2.05) is 0 Å². The van der Waals surface area contributed by atoms with Gasteiger partial charge >= 0.3 is 0 Å². The topological polar surface area (TPSA) is 82.4 Å². The van der Waals surface area contributed by atoms with E-state index in [2.05, 4.69) is 15.0 Å². The fraction of sp³-hybridized carbons (Fsp3) is 0.0588. The maximum absolute atomic E-state index is 14.4. The van der Waals surface area contributed by atoms with Crippen molar-refractivity contribution in [2.75, 3.05) is 6.26 Å². The van der Waals surface area contributed by atoms with Crippen molar-refractivity contribution in [3.63, 3.8) is 0 Å². The number of pyridine rings is 1. The van der Waals surface area contributed by atoms with Gasteiger partial charge in [0.05, 0.1) is 5.69 Å². The quantitative estimate of drug-likeness (QED) is 0.442. The highest BCUT2D eigenvalue weighted by Gasteiger charge is 2.17.